The van der Waals surface area contributed by atoms with Crippen LogP contribution in [0.15, 0.2) is 0 Å². The Kier molecular flexibility index (Phi) is 4.08. The van der Waals surface area contributed by atoms with E-state index in [4.69, 9.17) is 0 Å². The number of carbonyl (C=O) groups is 1. The summed E-state index contributed by atoms with van der Waals surface area (Å²) in [4.78, 5) is 14.9. The molecule has 2 fully saturated rings. The molecule has 2 saturated heterocycles. The van der Waals surface area contributed by atoms with E-state index in [1.165, 1.54) is 6.42 Å². The highest BCUT2D eigenvalue weighted by Gasteiger charge is 2.42. The van der Waals surface area contributed by atoms with Crippen LogP contribution < -0.4 is 5.32 Å². The van der Waals surface area contributed by atoms with Gasteiger partial charge in [0.05, 0.1) is 5.41 Å². The van der Waals surface area contributed by atoms with E-state index in [1.54, 1.807) is 0 Å². The SMILES string of the molecule is CCCC1(C(=O)N2CCC(C)C2)CCCNC1. The van der Waals surface area contributed by atoms with E-state index in [-0.39, 0.29) is 5.41 Å². The predicted octanol–water partition coefficient (Wildman–Crippen LogP) is 2.02. The highest BCUT2D eigenvalue weighted by atomic mass is 16.2. The van der Waals surface area contributed by atoms with Crippen molar-refractivity contribution in [3.63, 3.8) is 0 Å². The number of nitrogens with zero attached hydrogens (tertiary/aromatic N) is 1. The summed E-state index contributed by atoms with van der Waals surface area (Å²) in [5, 5.41) is 3.43. The summed E-state index contributed by atoms with van der Waals surface area (Å²) >= 11 is 0. The van der Waals surface area contributed by atoms with Crippen molar-refractivity contribution in [2.24, 2.45) is 11.3 Å². The molecule has 2 atom stereocenters. The quantitative estimate of drug-likeness (QED) is 0.816. The molecule has 2 aliphatic rings. The Labute approximate surface area is 105 Å². The molecule has 0 bridgehead atoms. The normalized spacial score (nSPS) is 34.0. The lowest BCUT2D eigenvalue weighted by atomic mass is 9.76. The van der Waals surface area contributed by atoms with Gasteiger partial charge in [-0.05, 0) is 38.1 Å². The number of piperidine rings is 1. The Morgan fingerprint density at radius 1 is 1.53 bits per heavy atom. The topological polar surface area (TPSA) is 32.3 Å². The number of nitrogens with one attached hydrogen (secondary N) is 1. The standard InChI is InChI=1S/C14H26N2O/c1-3-6-14(7-4-8-15-11-14)13(17)16-9-5-12(2)10-16/h12,15H,3-11H2,1-2H3. The molecule has 1 amide bonds. The van der Waals surface area contributed by atoms with Crippen molar-refractivity contribution in [3.05, 3.63) is 0 Å². The predicted molar refractivity (Wildman–Crippen MR) is 69.8 cm³/mol. The fraction of sp³-hybridized carbons (Fsp3) is 0.929. The Bertz CT molecular complexity index is 266. The molecule has 0 aromatic heterocycles. The smallest absolute Gasteiger partial charge is 0.230 e. The number of rotatable bonds is 3. The average molecular weight is 238 g/mol. The summed E-state index contributed by atoms with van der Waals surface area (Å²) < 4.78 is 0. The second-order valence-electron chi connectivity index (χ2n) is 5.96. The fourth-order valence-corrected chi connectivity index (χ4v) is 3.40. The van der Waals surface area contributed by atoms with Crippen LogP contribution in [0.3, 0.4) is 0 Å². The molecule has 0 aromatic carbocycles. The van der Waals surface area contributed by atoms with E-state index in [2.05, 4.69) is 24.1 Å². The molecule has 2 heterocycles. The van der Waals surface area contributed by atoms with Gasteiger partial charge in [0.25, 0.3) is 0 Å². The first kappa shape index (κ1) is 12.9. The lowest BCUT2D eigenvalue weighted by molar-refractivity contribution is -0.142. The summed E-state index contributed by atoms with van der Waals surface area (Å²) in [5.74, 6) is 1.12. The first-order chi connectivity index (χ1) is 8.18. The van der Waals surface area contributed by atoms with Crippen LogP contribution in [0, 0.1) is 11.3 Å². The Morgan fingerprint density at radius 2 is 2.35 bits per heavy atom. The largest absolute Gasteiger partial charge is 0.342 e. The lowest BCUT2D eigenvalue weighted by Crippen LogP contribution is -2.51. The molecule has 3 nitrogen and oxygen atoms in total. The lowest BCUT2D eigenvalue weighted by Gasteiger charge is -2.39. The van der Waals surface area contributed by atoms with Crippen molar-refractivity contribution in [3.8, 4) is 0 Å². The highest BCUT2D eigenvalue weighted by Crippen LogP contribution is 2.35. The van der Waals surface area contributed by atoms with Gasteiger partial charge in [0.2, 0.25) is 5.91 Å². The monoisotopic (exact) mass is 238 g/mol. The zero-order valence-corrected chi connectivity index (χ0v) is 11.3. The van der Waals surface area contributed by atoms with Crippen molar-refractivity contribution in [1.29, 1.82) is 0 Å². The van der Waals surface area contributed by atoms with Gasteiger partial charge in [0, 0.05) is 19.6 Å². The molecule has 0 aromatic rings. The molecule has 2 aliphatic heterocycles. The molecule has 0 saturated carbocycles. The molecule has 98 valence electrons. The molecule has 0 radical (unpaired) electrons. The fourth-order valence-electron chi connectivity index (χ4n) is 3.40. The van der Waals surface area contributed by atoms with E-state index in [1.807, 2.05) is 0 Å². The maximum Gasteiger partial charge on any atom is 0.230 e. The van der Waals surface area contributed by atoms with Crippen molar-refractivity contribution >= 4 is 5.91 Å². The number of hydrogen-bond acceptors (Lipinski definition) is 2. The van der Waals surface area contributed by atoms with Crippen molar-refractivity contribution in [1.82, 2.24) is 10.2 Å². The van der Waals surface area contributed by atoms with E-state index in [0.717, 1.165) is 51.9 Å². The van der Waals surface area contributed by atoms with Gasteiger partial charge in [-0.2, -0.15) is 0 Å². The van der Waals surface area contributed by atoms with E-state index in [0.29, 0.717) is 11.8 Å². The summed E-state index contributed by atoms with van der Waals surface area (Å²) in [7, 11) is 0. The van der Waals surface area contributed by atoms with E-state index < -0.39 is 0 Å². The minimum atomic E-state index is -0.0862. The molecule has 3 heteroatoms. The third-order valence-corrected chi connectivity index (χ3v) is 4.37. The van der Waals surface area contributed by atoms with E-state index >= 15 is 0 Å². The molecular formula is C14H26N2O. The second-order valence-corrected chi connectivity index (χ2v) is 5.96. The van der Waals surface area contributed by atoms with Crippen LogP contribution in [0.2, 0.25) is 0 Å². The van der Waals surface area contributed by atoms with Gasteiger partial charge in [-0.25, -0.2) is 0 Å². The van der Waals surface area contributed by atoms with Crippen LogP contribution in [-0.2, 0) is 4.79 Å². The minimum Gasteiger partial charge on any atom is -0.342 e. The number of likely N-dealkylation sites (tertiary alicyclic amines) is 1. The first-order valence-corrected chi connectivity index (χ1v) is 7.18. The molecule has 1 N–H and O–H groups in total. The number of carbonyl (C=O) groups excluding carboxylic acids is 1. The zero-order chi connectivity index (χ0) is 12.3. The summed E-state index contributed by atoms with van der Waals surface area (Å²) in [6, 6.07) is 0. The van der Waals surface area contributed by atoms with Gasteiger partial charge in [-0.3, -0.25) is 4.79 Å². The van der Waals surface area contributed by atoms with Crippen molar-refractivity contribution in [2.75, 3.05) is 26.2 Å². The zero-order valence-electron chi connectivity index (χ0n) is 11.3. The Hall–Kier alpha value is -0.570. The Morgan fingerprint density at radius 3 is 2.88 bits per heavy atom. The second kappa shape index (κ2) is 5.38. The van der Waals surface area contributed by atoms with E-state index in [9.17, 15) is 4.79 Å². The Balaban J connectivity index is 2.06. The first-order valence-electron chi connectivity index (χ1n) is 7.18. The van der Waals surface area contributed by atoms with Crippen LogP contribution in [0.4, 0.5) is 0 Å². The number of hydrogen-bond donors (Lipinski definition) is 1. The molecule has 0 aliphatic carbocycles. The van der Waals surface area contributed by atoms with Gasteiger partial charge in [-0.1, -0.05) is 20.3 Å². The van der Waals surface area contributed by atoms with Crippen molar-refractivity contribution < 1.29 is 4.79 Å². The highest BCUT2D eigenvalue weighted by molar-refractivity contribution is 5.83. The van der Waals surface area contributed by atoms with Crippen LogP contribution in [0.5, 0.6) is 0 Å². The van der Waals surface area contributed by atoms with Gasteiger partial charge >= 0.3 is 0 Å². The van der Waals surface area contributed by atoms with Crippen molar-refractivity contribution in [2.45, 2.75) is 46.0 Å². The molecule has 0 spiro atoms. The third-order valence-electron chi connectivity index (χ3n) is 4.37. The molecule has 17 heavy (non-hydrogen) atoms. The molecular weight excluding hydrogens is 212 g/mol. The van der Waals surface area contributed by atoms with Gasteiger partial charge in [0.1, 0.15) is 0 Å². The van der Waals surface area contributed by atoms with Crippen LogP contribution in [-0.4, -0.2) is 37.0 Å². The van der Waals surface area contributed by atoms with Gasteiger partial charge < -0.3 is 10.2 Å². The number of amides is 1. The maximum absolute atomic E-state index is 12.7. The maximum atomic E-state index is 12.7. The van der Waals surface area contributed by atoms with Gasteiger partial charge in [-0.15, -0.1) is 0 Å². The minimum absolute atomic E-state index is 0.0862. The van der Waals surface area contributed by atoms with Crippen LogP contribution in [0.1, 0.15) is 46.0 Å². The summed E-state index contributed by atoms with van der Waals surface area (Å²) in [6.07, 6.45) is 5.56. The van der Waals surface area contributed by atoms with Crippen LogP contribution >= 0.6 is 0 Å². The third kappa shape index (κ3) is 2.65. The summed E-state index contributed by atoms with van der Waals surface area (Å²) in [5.41, 5.74) is -0.0862. The summed E-state index contributed by atoms with van der Waals surface area (Å²) in [6.45, 7) is 8.37. The average Bonchev–Trinajstić information content (AvgIpc) is 2.76. The molecule has 2 rings (SSSR count). The van der Waals surface area contributed by atoms with Gasteiger partial charge in [0.15, 0.2) is 0 Å². The van der Waals surface area contributed by atoms with Crippen LogP contribution in [0.25, 0.3) is 0 Å². The molecule has 2 unspecified atom stereocenters.